The first-order chi connectivity index (χ1) is 11.8. The van der Waals surface area contributed by atoms with E-state index < -0.39 is 15.3 Å². The molecule has 1 aromatic carbocycles. The summed E-state index contributed by atoms with van der Waals surface area (Å²) in [6.45, 7) is 6.40. The summed E-state index contributed by atoms with van der Waals surface area (Å²) in [7, 11) is -3.23. The van der Waals surface area contributed by atoms with Gasteiger partial charge in [0.05, 0.1) is 11.9 Å². The van der Waals surface area contributed by atoms with Crippen molar-refractivity contribution in [3.05, 3.63) is 24.3 Å². The van der Waals surface area contributed by atoms with E-state index in [1.165, 1.54) is 0 Å². The average molecular weight is 371 g/mol. The van der Waals surface area contributed by atoms with Gasteiger partial charge in [0.15, 0.2) is 0 Å². The second-order valence-corrected chi connectivity index (χ2v) is 8.54. The van der Waals surface area contributed by atoms with Gasteiger partial charge in [-0.05, 0) is 45.2 Å². The van der Waals surface area contributed by atoms with Gasteiger partial charge in [-0.15, -0.1) is 0 Å². The second kappa shape index (κ2) is 11.1. The molecule has 2 N–H and O–H groups in total. The fraction of sp³-hybridized carbons (Fsp3) is 0.611. The topological polar surface area (TPSA) is 84.5 Å². The molecule has 7 heteroatoms. The number of carbonyl (C=O) groups excluding carboxylic acids is 1. The third-order valence-electron chi connectivity index (χ3n) is 3.64. The summed E-state index contributed by atoms with van der Waals surface area (Å²) in [4.78, 5) is 12.0. The third kappa shape index (κ3) is 8.88. The van der Waals surface area contributed by atoms with Crippen LogP contribution in [0.4, 0.5) is 5.69 Å². The zero-order chi connectivity index (χ0) is 18.7. The highest BCUT2D eigenvalue weighted by Crippen LogP contribution is 2.18. The van der Waals surface area contributed by atoms with Crippen LogP contribution in [0.2, 0.25) is 0 Å². The number of nitrogens with one attached hydrogen (secondary N) is 2. The Morgan fingerprint density at radius 1 is 1.20 bits per heavy atom. The standard InChI is InChI=1S/C18H30N2O4S/c1-4-5-13-24-17-10-8-9-16(14-17)20-18(21)11-6-7-12-19-25(22,23)15(2)3/h8-10,14-15,19H,4-7,11-13H2,1-3H3,(H,20,21). The van der Waals surface area contributed by atoms with Gasteiger partial charge in [0.1, 0.15) is 5.75 Å². The number of sulfonamides is 1. The van der Waals surface area contributed by atoms with Crippen molar-refractivity contribution in [2.24, 2.45) is 0 Å². The van der Waals surface area contributed by atoms with E-state index >= 15 is 0 Å². The molecule has 6 nitrogen and oxygen atoms in total. The van der Waals surface area contributed by atoms with E-state index in [4.69, 9.17) is 4.74 Å². The highest BCUT2D eigenvalue weighted by Gasteiger charge is 2.14. The Morgan fingerprint density at radius 2 is 1.96 bits per heavy atom. The van der Waals surface area contributed by atoms with E-state index in [2.05, 4.69) is 17.0 Å². The van der Waals surface area contributed by atoms with Gasteiger partial charge in [0.2, 0.25) is 15.9 Å². The van der Waals surface area contributed by atoms with Crippen LogP contribution < -0.4 is 14.8 Å². The van der Waals surface area contributed by atoms with Crippen LogP contribution >= 0.6 is 0 Å². The molecule has 0 heterocycles. The summed E-state index contributed by atoms with van der Waals surface area (Å²) in [6.07, 6.45) is 3.67. The van der Waals surface area contributed by atoms with Gasteiger partial charge in [0, 0.05) is 24.7 Å². The molecule has 0 aliphatic carbocycles. The zero-order valence-corrected chi connectivity index (χ0v) is 16.2. The first-order valence-corrected chi connectivity index (χ1v) is 10.4. The molecular weight excluding hydrogens is 340 g/mol. The monoisotopic (exact) mass is 370 g/mol. The summed E-state index contributed by atoms with van der Waals surface area (Å²) < 4.78 is 31.3. The van der Waals surface area contributed by atoms with Crippen molar-refractivity contribution in [3.63, 3.8) is 0 Å². The number of ether oxygens (including phenoxy) is 1. The quantitative estimate of drug-likeness (QED) is 0.553. The molecule has 0 radical (unpaired) electrons. The van der Waals surface area contributed by atoms with E-state index in [1.54, 1.807) is 13.8 Å². The lowest BCUT2D eigenvalue weighted by Gasteiger charge is -2.10. The molecule has 0 bridgehead atoms. The number of rotatable bonds is 12. The summed E-state index contributed by atoms with van der Waals surface area (Å²) >= 11 is 0. The summed E-state index contributed by atoms with van der Waals surface area (Å²) in [5.41, 5.74) is 0.708. The Labute approximate surface area is 151 Å². The van der Waals surface area contributed by atoms with Gasteiger partial charge in [-0.1, -0.05) is 19.4 Å². The number of hydrogen-bond acceptors (Lipinski definition) is 4. The zero-order valence-electron chi connectivity index (χ0n) is 15.4. The van der Waals surface area contributed by atoms with Crippen LogP contribution in [0.15, 0.2) is 24.3 Å². The van der Waals surface area contributed by atoms with Crippen LogP contribution in [0, 0.1) is 0 Å². The Morgan fingerprint density at radius 3 is 2.64 bits per heavy atom. The van der Waals surface area contributed by atoms with E-state index in [0.717, 1.165) is 18.6 Å². The number of unbranched alkanes of at least 4 members (excludes halogenated alkanes) is 2. The van der Waals surface area contributed by atoms with Gasteiger partial charge in [-0.3, -0.25) is 4.79 Å². The highest BCUT2D eigenvalue weighted by molar-refractivity contribution is 7.90. The van der Waals surface area contributed by atoms with E-state index in [1.807, 2.05) is 24.3 Å². The Bertz CT molecular complexity index is 630. The lowest BCUT2D eigenvalue weighted by Crippen LogP contribution is -2.31. The normalized spacial score (nSPS) is 11.5. The number of carbonyl (C=O) groups is 1. The van der Waals surface area contributed by atoms with E-state index in [-0.39, 0.29) is 5.91 Å². The smallest absolute Gasteiger partial charge is 0.224 e. The number of hydrogen-bond donors (Lipinski definition) is 2. The minimum Gasteiger partial charge on any atom is -0.494 e. The molecule has 0 saturated heterocycles. The molecule has 142 valence electrons. The van der Waals surface area contributed by atoms with E-state index in [9.17, 15) is 13.2 Å². The molecule has 0 atom stereocenters. The molecule has 1 rings (SSSR count). The fourth-order valence-electron chi connectivity index (χ4n) is 2.01. The molecule has 1 aromatic rings. The van der Waals surface area contributed by atoms with Crippen molar-refractivity contribution >= 4 is 21.6 Å². The van der Waals surface area contributed by atoms with Crippen molar-refractivity contribution in [3.8, 4) is 5.75 Å². The number of benzene rings is 1. The van der Waals surface area contributed by atoms with Gasteiger partial charge >= 0.3 is 0 Å². The molecule has 25 heavy (non-hydrogen) atoms. The maximum Gasteiger partial charge on any atom is 0.224 e. The van der Waals surface area contributed by atoms with Crippen LogP contribution in [-0.4, -0.2) is 32.7 Å². The molecule has 0 aliphatic rings. The number of amides is 1. The maximum atomic E-state index is 12.0. The molecule has 0 saturated carbocycles. The van der Waals surface area contributed by atoms with Crippen molar-refractivity contribution in [2.45, 2.75) is 58.1 Å². The Kier molecular flexibility index (Phi) is 9.52. The SMILES string of the molecule is CCCCOc1cccc(NC(=O)CCCCNS(=O)(=O)C(C)C)c1. The van der Waals surface area contributed by atoms with Gasteiger partial charge in [0.25, 0.3) is 0 Å². The molecule has 0 aromatic heterocycles. The largest absolute Gasteiger partial charge is 0.494 e. The summed E-state index contributed by atoms with van der Waals surface area (Å²) in [5.74, 6) is 0.659. The molecule has 0 aliphatic heterocycles. The van der Waals surface area contributed by atoms with Crippen molar-refractivity contribution < 1.29 is 17.9 Å². The maximum absolute atomic E-state index is 12.0. The number of anilines is 1. The predicted octanol–water partition coefficient (Wildman–Crippen LogP) is 3.30. The Balaban J connectivity index is 2.29. The molecule has 1 amide bonds. The fourth-order valence-corrected chi connectivity index (χ4v) is 2.78. The van der Waals surface area contributed by atoms with E-state index in [0.29, 0.717) is 38.1 Å². The lowest BCUT2D eigenvalue weighted by atomic mass is 10.2. The first kappa shape index (κ1) is 21.4. The lowest BCUT2D eigenvalue weighted by molar-refractivity contribution is -0.116. The van der Waals surface area contributed by atoms with Crippen molar-refractivity contribution in [1.29, 1.82) is 0 Å². The van der Waals surface area contributed by atoms with Crippen molar-refractivity contribution in [2.75, 3.05) is 18.5 Å². The van der Waals surface area contributed by atoms with Crippen LogP contribution in [0.25, 0.3) is 0 Å². The Hall–Kier alpha value is -1.60. The average Bonchev–Trinajstić information content (AvgIpc) is 2.55. The third-order valence-corrected chi connectivity index (χ3v) is 5.49. The van der Waals surface area contributed by atoms with Gasteiger partial charge in [-0.25, -0.2) is 13.1 Å². The van der Waals surface area contributed by atoms with Crippen LogP contribution in [0.5, 0.6) is 5.75 Å². The van der Waals surface area contributed by atoms with Gasteiger partial charge < -0.3 is 10.1 Å². The van der Waals surface area contributed by atoms with Crippen LogP contribution in [0.3, 0.4) is 0 Å². The molecular formula is C18H30N2O4S. The highest BCUT2D eigenvalue weighted by atomic mass is 32.2. The molecule has 0 spiro atoms. The summed E-state index contributed by atoms with van der Waals surface area (Å²) in [6, 6.07) is 7.34. The predicted molar refractivity (Wildman–Crippen MR) is 101 cm³/mol. The van der Waals surface area contributed by atoms with Crippen LogP contribution in [-0.2, 0) is 14.8 Å². The minimum atomic E-state index is -3.23. The van der Waals surface area contributed by atoms with Crippen molar-refractivity contribution in [1.82, 2.24) is 4.72 Å². The summed E-state index contributed by atoms with van der Waals surface area (Å²) in [5, 5.41) is 2.40. The van der Waals surface area contributed by atoms with Crippen LogP contribution in [0.1, 0.15) is 52.9 Å². The molecule has 0 fully saturated rings. The van der Waals surface area contributed by atoms with Gasteiger partial charge in [-0.2, -0.15) is 0 Å². The molecule has 0 unspecified atom stereocenters. The first-order valence-electron chi connectivity index (χ1n) is 8.86. The second-order valence-electron chi connectivity index (χ2n) is 6.22. The minimum absolute atomic E-state index is 0.0857.